The molecule has 1 heterocycles. The topological polar surface area (TPSA) is 49.6 Å². The van der Waals surface area contributed by atoms with Gasteiger partial charge in [-0.3, -0.25) is 4.79 Å². The molecule has 3 unspecified atom stereocenters. The van der Waals surface area contributed by atoms with Crippen molar-refractivity contribution in [2.45, 2.75) is 45.6 Å². The normalized spacial score (nSPS) is 31.4. The van der Waals surface area contributed by atoms with Crippen molar-refractivity contribution in [1.29, 1.82) is 0 Å². The summed E-state index contributed by atoms with van der Waals surface area (Å²) in [7, 11) is 0. The summed E-state index contributed by atoms with van der Waals surface area (Å²) in [6.07, 6.45) is 4.29. The van der Waals surface area contributed by atoms with Gasteiger partial charge in [0.2, 0.25) is 5.91 Å². The quantitative estimate of drug-likeness (QED) is 0.817. The molecule has 0 aromatic heterocycles. The maximum atomic E-state index is 12.5. The van der Waals surface area contributed by atoms with Crippen LogP contribution in [0.5, 0.6) is 0 Å². The Morgan fingerprint density at radius 2 is 2.00 bits per heavy atom. The van der Waals surface area contributed by atoms with Gasteiger partial charge in [0.05, 0.1) is 5.92 Å². The van der Waals surface area contributed by atoms with Gasteiger partial charge >= 0.3 is 0 Å². The first-order valence-electron chi connectivity index (χ1n) is 7.92. The van der Waals surface area contributed by atoms with E-state index in [2.05, 4.69) is 23.6 Å². The molecule has 19 heavy (non-hydrogen) atoms. The molecule has 110 valence electrons. The zero-order valence-electron chi connectivity index (χ0n) is 12.5. The largest absolute Gasteiger partial charge is 0.342 e. The van der Waals surface area contributed by atoms with Crippen molar-refractivity contribution in [3.8, 4) is 0 Å². The van der Waals surface area contributed by atoms with Crippen LogP contribution in [0.3, 0.4) is 0 Å². The molecule has 0 bridgehead atoms. The molecule has 1 saturated heterocycles. The van der Waals surface area contributed by atoms with Gasteiger partial charge in [0.15, 0.2) is 0 Å². The van der Waals surface area contributed by atoms with Crippen LogP contribution in [0.1, 0.15) is 39.5 Å². The maximum Gasteiger partial charge on any atom is 0.227 e. The fourth-order valence-corrected chi connectivity index (χ4v) is 3.56. The van der Waals surface area contributed by atoms with Crippen LogP contribution in [0.4, 0.5) is 0 Å². The minimum absolute atomic E-state index is 0.104. The highest BCUT2D eigenvalue weighted by Gasteiger charge is 2.36. The predicted molar refractivity (Wildman–Crippen MR) is 77.8 cm³/mol. The number of amides is 1. The lowest BCUT2D eigenvalue weighted by atomic mass is 10.0. The highest BCUT2D eigenvalue weighted by molar-refractivity contribution is 5.80. The van der Waals surface area contributed by atoms with Gasteiger partial charge < -0.3 is 15.5 Å². The van der Waals surface area contributed by atoms with Crippen LogP contribution in [-0.4, -0.2) is 54.5 Å². The van der Waals surface area contributed by atoms with Crippen molar-refractivity contribution in [3.05, 3.63) is 0 Å². The smallest absolute Gasteiger partial charge is 0.227 e. The summed E-state index contributed by atoms with van der Waals surface area (Å²) in [5.41, 5.74) is 6.05. The summed E-state index contributed by atoms with van der Waals surface area (Å²) >= 11 is 0. The van der Waals surface area contributed by atoms with Gasteiger partial charge in [-0.2, -0.15) is 0 Å². The lowest BCUT2D eigenvalue weighted by molar-refractivity contribution is -0.134. The van der Waals surface area contributed by atoms with Gasteiger partial charge in [-0.25, -0.2) is 0 Å². The minimum atomic E-state index is 0.104. The van der Waals surface area contributed by atoms with E-state index in [9.17, 15) is 4.79 Å². The molecule has 2 fully saturated rings. The van der Waals surface area contributed by atoms with E-state index in [0.29, 0.717) is 11.8 Å². The summed E-state index contributed by atoms with van der Waals surface area (Å²) in [4.78, 5) is 17.0. The first kappa shape index (κ1) is 14.8. The van der Waals surface area contributed by atoms with Gasteiger partial charge in [0.1, 0.15) is 0 Å². The second-order valence-corrected chi connectivity index (χ2v) is 6.13. The van der Waals surface area contributed by atoms with Crippen LogP contribution in [0.15, 0.2) is 0 Å². The average molecular weight is 267 g/mol. The van der Waals surface area contributed by atoms with E-state index in [1.165, 1.54) is 0 Å². The zero-order chi connectivity index (χ0) is 13.8. The zero-order valence-corrected chi connectivity index (χ0v) is 12.5. The molecule has 1 amide bonds. The number of carbonyl (C=O) groups excluding carboxylic acids is 1. The third kappa shape index (κ3) is 3.48. The Hall–Kier alpha value is -0.610. The van der Waals surface area contributed by atoms with E-state index < -0.39 is 0 Å². The maximum absolute atomic E-state index is 12.5. The third-order valence-corrected chi connectivity index (χ3v) is 4.89. The van der Waals surface area contributed by atoms with E-state index in [4.69, 9.17) is 5.73 Å². The van der Waals surface area contributed by atoms with Crippen molar-refractivity contribution >= 4 is 5.91 Å². The van der Waals surface area contributed by atoms with Crippen molar-refractivity contribution < 1.29 is 4.79 Å². The number of nitrogens with zero attached hydrogens (tertiary/aromatic N) is 2. The summed E-state index contributed by atoms with van der Waals surface area (Å²) in [5, 5.41) is 0. The van der Waals surface area contributed by atoms with Gasteiger partial charge in [-0.1, -0.05) is 20.3 Å². The highest BCUT2D eigenvalue weighted by atomic mass is 16.2. The van der Waals surface area contributed by atoms with E-state index in [1.807, 2.05) is 0 Å². The summed E-state index contributed by atoms with van der Waals surface area (Å²) in [6.45, 7) is 9.64. The molecule has 0 radical (unpaired) electrons. The average Bonchev–Trinajstić information content (AvgIpc) is 3.04. The summed E-state index contributed by atoms with van der Waals surface area (Å²) in [5.74, 6) is 1.08. The Bertz CT molecular complexity index is 304. The first-order valence-corrected chi connectivity index (χ1v) is 7.92. The monoisotopic (exact) mass is 267 g/mol. The minimum Gasteiger partial charge on any atom is -0.342 e. The van der Waals surface area contributed by atoms with Crippen LogP contribution in [0.25, 0.3) is 0 Å². The molecule has 1 aliphatic heterocycles. The molecule has 0 aromatic rings. The number of likely N-dealkylation sites (tertiary alicyclic amines) is 1. The van der Waals surface area contributed by atoms with E-state index in [0.717, 1.165) is 58.4 Å². The molecule has 1 saturated carbocycles. The summed E-state index contributed by atoms with van der Waals surface area (Å²) in [6, 6.07) is 0.106. The molecule has 1 aliphatic carbocycles. The molecule has 2 aliphatic rings. The fraction of sp³-hybridized carbons (Fsp3) is 0.933. The van der Waals surface area contributed by atoms with Crippen LogP contribution >= 0.6 is 0 Å². The number of nitrogens with two attached hydrogens (primary N) is 1. The highest BCUT2D eigenvalue weighted by Crippen LogP contribution is 2.28. The lowest BCUT2D eigenvalue weighted by Gasteiger charge is -2.25. The standard InChI is InChI=1S/C15H29N3O/c1-3-17(4-2)10-12-8-9-18(11-12)15(19)13-6-5-7-14(13)16/h12-14H,3-11,16H2,1-2H3. The van der Waals surface area contributed by atoms with Crippen LogP contribution in [0, 0.1) is 11.8 Å². The van der Waals surface area contributed by atoms with Gasteiger partial charge in [0.25, 0.3) is 0 Å². The lowest BCUT2D eigenvalue weighted by Crippen LogP contribution is -2.41. The van der Waals surface area contributed by atoms with Gasteiger partial charge in [0, 0.05) is 25.7 Å². The number of hydrogen-bond acceptors (Lipinski definition) is 3. The number of hydrogen-bond donors (Lipinski definition) is 1. The second-order valence-electron chi connectivity index (χ2n) is 6.13. The Kier molecular flexibility index (Phi) is 5.22. The van der Waals surface area contributed by atoms with Gasteiger partial charge in [-0.05, 0) is 38.3 Å². The summed E-state index contributed by atoms with van der Waals surface area (Å²) < 4.78 is 0. The molecule has 2 N–H and O–H groups in total. The van der Waals surface area contributed by atoms with Crippen molar-refractivity contribution in [1.82, 2.24) is 9.80 Å². The molecule has 2 rings (SSSR count). The van der Waals surface area contributed by atoms with E-state index in [1.54, 1.807) is 0 Å². The molecular weight excluding hydrogens is 238 g/mol. The first-order chi connectivity index (χ1) is 9.15. The molecule has 4 heteroatoms. The SMILES string of the molecule is CCN(CC)CC1CCN(C(=O)C2CCCC2N)C1. The van der Waals surface area contributed by atoms with E-state index in [-0.39, 0.29) is 12.0 Å². The third-order valence-electron chi connectivity index (χ3n) is 4.89. The van der Waals surface area contributed by atoms with Gasteiger partial charge in [-0.15, -0.1) is 0 Å². The Morgan fingerprint density at radius 1 is 1.26 bits per heavy atom. The van der Waals surface area contributed by atoms with Crippen molar-refractivity contribution in [2.75, 3.05) is 32.7 Å². The molecular formula is C15H29N3O. The Morgan fingerprint density at radius 3 is 2.58 bits per heavy atom. The fourth-order valence-electron chi connectivity index (χ4n) is 3.56. The van der Waals surface area contributed by atoms with Crippen molar-refractivity contribution in [2.24, 2.45) is 17.6 Å². The van der Waals surface area contributed by atoms with E-state index >= 15 is 0 Å². The van der Waals surface area contributed by atoms with Crippen molar-refractivity contribution in [3.63, 3.8) is 0 Å². The Balaban J connectivity index is 1.82. The Labute approximate surface area is 117 Å². The van der Waals surface area contributed by atoms with Crippen LogP contribution in [0.2, 0.25) is 0 Å². The van der Waals surface area contributed by atoms with Crippen LogP contribution in [-0.2, 0) is 4.79 Å². The molecule has 3 atom stereocenters. The molecule has 4 nitrogen and oxygen atoms in total. The predicted octanol–water partition coefficient (Wildman–Crippen LogP) is 1.30. The number of rotatable bonds is 5. The molecule has 0 spiro atoms. The van der Waals surface area contributed by atoms with Crippen LogP contribution < -0.4 is 5.73 Å². The second kappa shape index (κ2) is 6.71. The molecule has 0 aromatic carbocycles. The number of carbonyl (C=O) groups is 1.